The Bertz CT molecular complexity index is 456. The average molecular weight is 273 g/mol. The lowest BCUT2D eigenvalue weighted by molar-refractivity contribution is -0.141. The Morgan fingerprint density at radius 1 is 1.39 bits per heavy atom. The van der Waals surface area contributed by atoms with Gasteiger partial charge in [0.15, 0.2) is 6.04 Å². The van der Waals surface area contributed by atoms with E-state index < -0.39 is 24.0 Å². The maximum atomic E-state index is 11.8. The van der Waals surface area contributed by atoms with Gasteiger partial charge in [-0.25, -0.2) is 4.79 Å². The molecule has 0 aliphatic heterocycles. The first-order valence-electron chi connectivity index (χ1n) is 5.09. The molecule has 1 aromatic rings. The third-order valence-corrected chi connectivity index (χ3v) is 2.44. The van der Waals surface area contributed by atoms with E-state index in [1.165, 1.54) is 25.1 Å². The number of rotatable bonds is 4. The van der Waals surface area contributed by atoms with Crippen molar-refractivity contribution in [2.75, 3.05) is 5.73 Å². The number of carbonyl (C=O) groups excluding carboxylic acids is 1. The zero-order valence-corrected chi connectivity index (χ0v) is 10.3. The molecule has 0 bridgehead atoms. The summed E-state index contributed by atoms with van der Waals surface area (Å²) in [5.41, 5.74) is 5.94. The molecule has 0 fully saturated rings. The molecule has 0 aliphatic carbocycles. The summed E-state index contributed by atoms with van der Waals surface area (Å²) in [4.78, 5) is 22.6. The van der Waals surface area contributed by atoms with Gasteiger partial charge in [0, 0.05) is 16.3 Å². The molecule has 98 valence electrons. The van der Waals surface area contributed by atoms with E-state index in [1.54, 1.807) is 0 Å². The van der Waals surface area contributed by atoms with Crippen molar-refractivity contribution < 1.29 is 19.8 Å². The Labute approximate surface area is 108 Å². The Balaban J connectivity index is 2.90. The molecular formula is C11H13ClN2O4. The van der Waals surface area contributed by atoms with Gasteiger partial charge in [0.2, 0.25) is 0 Å². The standard InChI is InChI=1S/C11H13ClN2O4/c1-5(15)9(11(17)18)14-10(16)6-2-7(12)4-8(13)3-6/h2-5,9,15H,13H2,1H3,(H,14,16)(H,17,18)/t5-,9+/m1/s1. The number of hydrogen-bond donors (Lipinski definition) is 4. The van der Waals surface area contributed by atoms with Crippen molar-refractivity contribution in [3.05, 3.63) is 28.8 Å². The fourth-order valence-corrected chi connectivity index (χ4v) is 1.60. The number of amides is 1. The van der Waals surface area contributed by atoms with Crippen LogP contribution >= 0.6 is 11.6 Å². The van der Waals surface area contributed by atoms with Gasteiger partial charge in [-0.3, -0.25) is 4.79 Å². The van der Waals surface area contributed by atoms with Crippen molar-refractivity contribution in [2.24, 2.45) is 0 Å². The highest BCUT2D eigenvalue weighted by Crippen LogP contribution is 2.16. The summed E-state index contributed by atoms with van der Waals surface area (Å²) < 4.78 is 0. The molecule has 18 heavy (non-hydrogen) atoms. The smallest absolute Gasteiger partial charge is 0.328 e. The lowest BCUT2D eigenvalue weighted by Crippen LogP contribution is -2.47. The zero-order valence-electron chi connectivity index (χ0n) is 9.55. The summed E-state index contributed by atoms with van der Waals surface area (Å²) in [6, 6.07) is 2.79. The van der Waals surface area contributed by atoms with Crippen LogP contribution in [0.1, 0.15) is 17.3 Å². The van der Waals surface area contributed by atoms with E-state index in [-0.39, 0.29) is 16.3 Å². The van der Waals surface area contributed by atoms with Crippen LogP contribution in [0.5, 0.6) is 0 Å². The molecule has 0 unspecified atom stereocenters. The number of anilines is 1. The van der Waals surface area contributed by atoms with E-state index in [0.717, 1.165) is 0 Å². The highest BCUT2D eigenvalue weighted by molar-refractivity contribution is 6.31. The fourth-order valence-electron chi connectivity index (χ4n) is 1.36. The number of benzene rings is 1. The minimum Gasteiger partial charge on any atom is -0.480 e. The number of nitrogen functional groups attached to an aromatic ring is 1. The average Bonchev–Trinajstić information content (AvgIpc) is 2.23. The van der Waals surface area contributed by atoms with Gasteiger partial charge in [-0.05, 0) is 25.1 Å². The van der Waals surface area contributed by atoms with Gasteiger partial charge in [-0.2, -0.15) is 0 Å². The van der Waals surface area contributed by atoms with E-state index in [4.69, 9.17) is 22.4 Å². The van der Waals surface area contributed by atoms with Crippen molar-refractivity contribution in [3.8, 4) is 0 Å². The van der Waals surface area contributed by atoms with E-state index in [9.17, 15) is 14.7 Å². The number of aliphatic hydroxyl groups is 1. The number of halogens is 1. The summed E-state index contributed by atoms with van der Waals surface area (Å²) in [5, 5.41) is 20.5. The van der Waals surface area contributed by atoms with Gasteiger partial charge < -0.3 is 21.3 Å². The van der Waals surface area contributed by atoms with Gasteiger partial charge >= 0.3 is 5.97 Å². The Morgan fingerprint density at radius 2 is 2.00 bits per heavy atom. The highest BCUT2D eigenvalue weighted by Gasteiger charge is 2.25. The molecule has 0 aliphatic rings. The number of nitrogens with one attached hydrogen (secondary N) is 1. The number of nitrogens with two attached hydrogens (primary N) is 1. The normalized spacial score (nSPS) is 13.7. The fraction of sp³-hybridized carbons (Fsp3) is 0.273. The molecule has 2 atom stereocenters. The van der Waals surface area contributed by atoms with Crippen LogP contribution < -0.4 is 11.1 Å². The van der Waals surface area contributed by atoms with Gasteiger partial charge in [-0.1, -0.05) is 11.6 Å². The van der Waals surface area contributed by atoms with Crippen LogP contribution in [0.25, 0.3) is 0 Å². The van der Waals surface area contributed by atoms with Crippen LogP contribution in [0.3, 0.4) is 0 Å². The van der Waals surface area contributed by atoms with Gasteiger partial charge in [0.05, 0.1) is 6.10 Å². The van der Waals surface area contributed by atoms with Crippen LogP contribution in [-0.2, 0) is 4.79 Å². The van der Waals surface area contributed by atoms with Gasteiger partial charge in [0.1, 0.15) is 0 Å². The van der Waals surface area contributed by atoms with Crippen LogP contribution in [0, 0.1) is 0 Å². The van der Waals surface area contributed by atoms with E-state index in [0.29, 0.717) is 0 Å². The maximum Gasteiger partial charge on any atom is 0.328 e. The second-order valence-electron chi connectivity index (χ2n) is 3.80. The molecule has 1 rings (SSSR count). The van der Waals surface area contributed by atoms with Crippen molar-refractivity contribution >= 4 is 29.2 Å². The molecule has 5 N–H and O–H groups in total. The van der Waals surface area contributed by atoms with Crippen LogP contribution in [0.2, 0.25) is 5.02 Å². The summed E-state index contributed by atoms with van der Waals surface area (Å²) in [5.74, 6) is -1.99. The van der Waals surface area contributed by atoms with Crippen LogP contribution in [0.15, 0.2) is 18.2 Å². The molecular weight excluding hydrogens is 260 g/mol. The monoisotopic (exact) mass is 272 g/mol. The van der Waals surface area contributed by atoms with Crippen LogP contribution in [0.4, 0.5) is 5.69 Å². The lowest BCUT2D eigenvalue weighted by atomic mass is 10.1. The molecule has 0 spiro atoms. The number of aliphatic carboxylic acids is 1. The summed E-state index contributed by atoms with van der Waals surface area (Å²) >= 11 is 5.73. The first-order chi connectivity index (χ1) is 8.31. The molecule has 1 amide bonds. The van der Waals surface area contributed by atoms with Crippen molar-refractivity contribution in [1.29, 1.82) is 0 Å². The summed E-state index contributed by atoms with van der Waals surface area (Å²) in [6.45, 7) is 1.27. The number of carboxylic acid groups (broad SMARTS) is 1. The second kappa shape index (κ2) is 5.70. The first kappa shape index (κ1) is 14.3. The first-order valence-corrected chi connectivity index (χ1v) is 5.47. The molecule has 0 heterocycles. The minimum absolute atomic E-state index is 0.131. The van der Waals surface area contributed by atoms with E-state index >= 15 is 0 Å². The number of aliphatic hydroxyl groups excluding tert-OH is 1. The third kappa shape index (κ3) is 3.61. The lowest BCUT2D eigenvalue weighted by Gasteiger charge is -2.17. The second-order valence-corrected chi connectivity index (χ2v) is 4.24. The highest BCUT2D eigenvalue weighted by atomic mass is 35.5. The Hall–Kier alpha value is -1.79. The molecule has 0 saturated heterocycles. The summed E-state index contributed by atoms with van der Waals surface area (Å²) in [6.07, 6.45) is -1.22. The largest absolute Gasteiger partial charge is 0.480 e. The molecule has 0 saturated carbocycles. The van der Waals surface area contributed by atoms with Crippen molar-refractivity contribution in [2.45, 2.75) is 19.1 Å². The molecule has 7 heteroatoms. The van der Waals surface area contributed by atoms with Crippen LogP contribution in [-0.4, -0.2) is 34.2 Å². The molecule has 1 aromatic carbocycles. The number of carboxylic acids is 1. The third-order valence-electron chi connectivity index (χ3n) is 2.22. The Morgan fingerprint density at radius 3 is 2.44 bits per heavy atom. The predicted octanol–water partition coefficient (Wildman–Crippen LogP) is 0.486. The van der Waals surface area contributed by atoms with Gasteiger partial charge in [-0.15, -0.1) is 0 Å². The number of carbonyl (C=O) groups is 2. The summed E-state index contributed by atoms with van der Waals surface area (Å²) in [7, 11) is 0. The number of hydrogen-bond acceptors (Lipinski definition) is 4. The SMILES string of the molecule is C[C@@H](O)[C@H](NC(=O)c1cc(N)cc(Cl)c1)C(=O)O. The van der Waals surface area contributed by atoms with Crippen molar-refractivity contribution in [1.82, 2.24) is 5.32 Å². The quantitative estimate of drug-likeness (QED) is 0.596. The van der Waals surface area contributed by atoms with E-state index in [1.807, 2.05) is 0 Å². The Kier molecular flexibility index (Phi) is 4.52. The predicted molar refractivity (Wildman–Crippen MR) is 66.4 cm³/mol. The maximum absolute atomic E-state index is 11.8. The topological polar surface area (TPSA) is 113 Å². The van der Waals surface area contributed by atoms with Crippen molar-refractivity contribution in [3.63, 3.8) is 0 Å². The molecule has 6 nitrogen and oxygen atoms in total. The van der Waals surface area contributed by atoms with E-state index in [2.05, 4.69) is 5.32 Å². The molecule has 0 aromatic heterocycles. The zero-order chi connectivity index (χ0) is 13.9. The minimum atomic E-state index is -1.39. The van der Waals surface area contributed by atoms with Gasteiger partial charge in [0.25, 0.3) is 5.91 Å². The molecule has 0 radical (unpaired) electrons.